The minimum atomic E-state index is -3.51. The molecule has 0 saturated carbocycles. The van der Waals surface area contributed by atoms with Gasteiger partial charge in [0.2, 0.25) is 10.0 Å². The number of hydrogen-bond donors (Lipinski definition) is 4. The van der Waals surface area contributed by atoms with E-state index in [1.165, 1.54) is 6.92 Å². The lowest BCUT2D eigenvalue weighted by molar-refractivity contribution is -0.140. The maximum absolute atomic E-state index is 11.1. The van der Waals surface area contributed by atoms with Crippen molar-refractivity contribution in [1.29, 1.82) is 0 Å². The van der Waals surface area contributed by atoms with Gasteiger partial charge in [-0.05, 0) is 6.42 Å². The van der Waals surface area contributed by atoms with Gasteiger partial charge in [0.25, 0.3) is 0 Å². The molecule has 5 N–H and O–H groups in total. The number of carbonyl (C=O) groups is 2. The van der Waals surface area contributed by atoms with E-state index in [1.54, 1.807) is 0 Å². The summed E-state index contributed by atoms with van der Waals surface area (Å²) in [6.45, 7) is 1.63. The molecule has 1 unspecified atom stereocenters. The summed E-state index contributed by atoms with van der Waals surface area (Å²) >= 11 is 0. The molecule has 0 heterocycles. The SMILES string of the molecule is CC(CNC(=O)NCCCS(N)(=O)=O)C(=O)O. The Morgan fingerprint density at radius 1 is 1.35 bits per heavy atom. The van der Waals surface area contributed by atoms with E-state index < -0.39 is 27.9 Å². The van der Waals surface area contributed by atoms with Crippen molar-refractivity contribution in [2.24, 2.45) is 11.1 Å². The molecule has 0 aromatic rings. The van der Waals surface area contributed by atoms with Crippen molar-refractivity contribution < 1.29 is 23.1 Å². The van der Waals surface area contributed by atoms with E-state index in [4.69, 9.17) is 10.2 Å². The van der Waals surface area contributed by atoms with E-state index in [9.17, 15) is 18.0 Å². The van der Waals surface area contributed by atoms with Gasteiger partial charge in [-0.15, -0.1) is 0 Å². The Kier molecular flexibility index (Phi) is 6.51. The summed E-state index contributed by atoms with van der Waals surface area (Å²) in [5.74, 6) is -1.89. The third kappa shape index (κ3) is 9.57. The summed E-state index contributed by atoms with van der Waals surface area (Å²) in [4.78, 5) is 21.5. The van der Waals surface area contributed by atoms with E-state index in [0.717, 1.165) is 0 Å². The lowest BCUT2D eigenvalue weighted by Crippen LogP contribution is -2.40. The van der Waals surface area contributed by atoms with Gasteiger partial charge in [-0.25, -0.2) is 18.4 Å². The number of nitrogens with one attached hydrogen (secondary N) is 2. The number of hydrogen-bond acceptors (Lipinski definition) is 4. The van der Waals surface area contributed by atoms with Crippen molar-refractivity contribution in [2.45, 2.75) is 13.3 Å². The van der Waals surface area contributed by atoms with Crippen molar-refractivity contribution in [3.05, 3.63) is 0 Å². The molecule has 0 aromatic carbocycles. The minimum absolute atomic E-state index is 0.0103. The normalized spacial score (nSPS) is 12.8. The van der Waals surface area contributed by atoms with Gasteiger partial charge in [0, 0.05) is 13.1 Å². The molecule has 8 nitrogen and oxygen atoms in total. The van der Waals surface area contributed by atoms with Crippen LogP contribution in [0.5, 0.6) is 0 Å². The number of rotatable bonds is 7. The zero-order chi connectivity index (χ0) is 13.5. The highest BCUT2D eigenvalue weighted by Crippen LogP contribution is 1.91. The number of carbonyl (C=O) groups excluding carboxylic acids is 1. The largest absolute Gasteiger partial charge is 0.481 e. The highest BCUT2D eigenvalue weighted by atomic mass is 32.2. The molecule has 0 aliphatic heterocycles. The molecule has 0 aliphatic rings. The summed E-state index contributed by atoms with van der Waals surface area (Å²) in [6, 6.07) is -0.535. The first-order chi connectivity index (χ1) is 7.72. The maximum Gasteiger partial charge on any atom is 0.314 e. The molecule has 0 aromatic heterocycles. The molecule has 0 fully saturated rings. The van der Waals surface area contributed by atoms with Gasteiger partial charge in [0.05, 0.1) is 11.7 Å². The predicted octanol–water partition coefficient (Wildman–Crippen LogP) is -1.32. The second-order valence-corrected chi connectivity index (χ2v) is 5.33. The van der Waals surface area contributed by atoms with Crippen molar-refractivity contribution in [3.8, 4) is 0 Å². The number of urea groups is 1. The Bertz CT molecular complexity index is 367. The smallest absolute Gasteiger partial charge is 0.314 e. The summed E-state index contributed by atoms with van der Waals surface area (Å²) in [5.41, 5.74) is 0. The average molecular weight is 267 g/mol. The van der Waals surface area contributed by atoms with Crippen molar-refractivity contribution in [2.75, 3.05) is 18.8 Å². The Labute approximate surface area is 99.6 Å². The summed E-state index contributed by atoms with van der Waals surface area (Å²) < 4.78 is 21.1. The van der Waals surface area contributed by atoms with Gasteiger partial charge in [-0.1, -0.05) is 6.92 Å². The zero-order valence-electron chi connectivity index (χ0n) is 9.47. The van der Waals surface area contributed by atoms with Gasteiger partial charge in [0.1, 0.15) is 0 Å². The van der Waals surface area contributed by atoms with Crippen molar-refractivity contribution in [3.63, 3.8) is 0 Å². The summed E-state index contributed by atoms with van der Waals surface area (Å²) in [6.07, 6.45) is 0.209. The highest BCUT2D eigenvalue weighted by molar-refractivity contribution is 7.89. The molecule has 9 heteroatoms. The van der Waals surface area contributed by atoms with Crippen LogP contribution in [0, 0.1) is 5.92 Å². The molecule has 0 spiro atoms. The Morgan fingerprint density at radius 2 is 1.94 bits per heavy atom. The topological polar surface area (TPSA) is 139 Å². The van der Waals surface area contributed by atoms with Gasteiger partial charge in [0.15, 0.2) is 0 Å². The third-order valence-corrected chi connectivity index (χ3v) is 2.74. The fraction of sp³-hybridized carbons (Fsp3) is 0.750. The number of nitrogens with two attached hydrogens (primary N) is 1. The molecular weight excluding hydrogens is 250 g/mol. The molecule has 1 atom stereocenters. The van der Waals surface area contributed by atoms with E-state index in [-0.39, 0.29) is 25.3 Å². The first-order valence-electron chi connectivity index (χ1n) is 4.97. The van der Waals surface area contributed by atoms with Crippen LogP contribution < -0.4 is 15.8 Å². The number of primary sulfonamides is 1. The molecule has 0 saturated heterocycles. The fourth-order valence-electron chi connectivity index (χ4n) is 0.871. The van der Waals surface area contributed by atoms with Crippen LogP contribution in [-0.2, 0) is 14.8 Å². The van der Waals surface area contributed by atoms with E-state index in [0.29, 0.717) is 0 Å². The van der Waals surface area contributed by atoms with E-state index >= 15 is 0 Å². The molecule has 100 valence electrons. The Hall–Kier alpha value is -1.35. The second kappa shape index (κ2) is 7.07. The Balaban J connectivity index is 3.64. The number of aliphatic carboxylic acids is 1. The average Bonchev–Trinajstić information content (AvgIpc) is 2.19. The lowest BCUT2D eigenvalue weighted by atomic mass is 10.2. The van der Waals surface area contributed by atoms with Gasteiger partial charge in [-0.3, -0.25) is 4.79 Å². The van der Waals surface area contributed by atoms with E-state index in [2.05, 4.69) is 10.6 Å². The van der Waals surface area contributed by atoms with Gasteiger partial charge >= 0.3 is 12.0 Å². The van der Waals surface area contributed by atoms with Crippen molar-refractivity contribution in [1.82, 2.24) is 10.6 Å². The highest BCUT2D eigenvalue weighted by Gasteiger charge is 2.11. The van der Waals surface area contributed by atoms with E-state index in [1.807, 2.05) is 0 Å². The second-order valence-electron chi connectivity index (χ2n) is 3.60. The van der Waals surface area contributed by atoms with Crippen LogP contribution >= 0.6 is 0 Å². The minimum Gasteiger partial charge on any atom is -0.481 e. The van der Waals surface area contributed by atoms with Crippen LogP contribution in [0.3, 0.4) is 0 Å². The quantitative estimate of drug-likeness (QED) is 0.424. The lowest BCUT2D eigenvalue weighted by Gasteiger charge is -2.09. The predicted molar refractivity (Wildman–Crippen MR) is 60.8 cm³/mol. The van der Waals surface area contributed by atoms with Crippen molar-refractivity contribution >= 4 is 22.0 Å². The van der Waals surface area contributed by atoms with Crippen LogP contribution in [0.15, 0.2) is 0 Å². The number of carboxylic acid groups (broad SMARTS) is 1. The maximum atomic E-state index is 11.1. The number of carboxylic acids is 1. The van der Waals surface area contributed by atoms with Crippen LogP contribution in [0.4, 0.5) is 4.79 Å². The van der Waals surface area contributed by atoms with Gasteiger partial charge < -0.3 is 15.7 Å². The Morgan fingerprint density at radius 3 is 2.41 bits per heavy atom. The molecule has 0 bridgehead atoms. The summed E-state index contributed by atoms with van der Waals surface area (Å²) in [5, 5.41) is 18.0. The zero-order valence-corrected chi connectivity index (χ0v) is 10.3. The molecule has 17 heavy (non-hydrogen) atoms. The van der Waals surface area contributed by atoms with Gasteiger partial charge in [-0.2, -0.15) is 0 Å². The van der Waals surface area contributed by atoms with Crippen LogP contribution in [0.1, 0.15) is 13.3 Å². The van der Waals surface area contributed by atoms with Crippen LogP contribution in [-0.4, -0.2) is 44.4 Å². The molecule has 0 aliphatic carbocycles. The van der Waals surface area contributed by atoms with Crippen LogP contribution in [0.25, 0.3) is 0 Å². The number of amides is 2. The first-order valence-corrected chi connectivity index (χ1v) is 6.69. The van der Waals surface area contributed by atoms with Crippen LogP contribution in [0.2, 0.25) is 0 Å². The monoisotopic (exact) mass is 267 g/mol. The standard InChI is InChI=1S/C8H17N3O5S/c1-6(7(12)13)5-11-8(14)10-3-2-4-17(9,15)16/h6H,2-5H2,1H3,(H,12,13)(H2,9,15,16)(H2,10,11,14). The molecular formula is C8H17N3O5S. The molecule has 2 amide bonds. The summed E-state index contributed by atoms with van der Waals surface area (Å²) in [7, 11) is -3.51. The molecule has 0 rings (SSSR count). The molecule has 0 radical (unpaired) electrons. The fourth-order valence-corrected chi connectivity index (χ4v) is 1.42. The number of sulfonamides is 1. The third-order valence-electron chi connectivity index (χ3n) is 1.88. The first kappa shape index (κ1) is 15.7.